The molecule has 1 unspecified atom stereocenters. The predicted molar refractivity (Wildman–Crippen MR) is 103 cm³/mol. The summed E-state index contributed by atoms with van der Waals surface area (Å²) < 4.78 is 1.77. The maximum absolute atomic E-state index is 13.1. The number of nitrogens with one attached hydrogen (secondary N) is 1. The highest BCUT2D eigenvalue weighted by Crippen LogP contribution is 2.33. The predicted octanol–water partition coefficient (Wildman–Crippen LogP) is 3.96. The van der Waals surface area contributed by atoms with E-state index in [0.717, 1.165) is 35.1 Å². The minimum atomic E-state index is -0.129. The number of fused-ring (bicyclic) bond motifs is 2. The molecular weight excluding hydrogens is 344 g/mol. The van der Waals surface area contributed by atoms with Crippen molar-refractivity contribution < 1.29 is 4.79 Å². The van der Waals surface area contributed by atoms with E-state index >= 15 is 0 Å². The molecule has 2 aromatic carbocycles. The van der Waals surface area contributed by atoms with Crippen LogP contribution in [0.25, 0.3) is 22.6 Å². The summed E-state index contributed by atoms with van der Waals surface area (Å²) in [6.07, 6.45) is 1.78. The second-order valence-electron chi connectivity index (χ2n) is 6.40. The summed E-state index contributed by atoms with van der Waals surface area (Å²) in [6.45, 7) is 0. The maximum atomic E-state index is 13.1. The van der Waals surface area contributed by atoms with Gasteiger partial charge in [0.2, 0.25) is 5.91 Å². The molecule has 5 nitrogen and oxygen atoms in total. The Labute approximate surface area is 154 Å². The van der Waals surface area contributed by atoms with E-state index in [9.17, 15) is 4.79 Å². The molecule has 0 radical (unpaired) electrons. The summed E-state index contributed by atoms with van der Waals surface area (Å²) in [7, 11) is 0. The van der Waals surface area contributed by atoms with Crippen molar-refractivity contribution in [1.82, 2.24) is 14.6 Å². The van der Waals surface area contributed by atoms with Gasteiger partial charge in [0.05, 0.1) is 22.5 Å². The molecule has 1 N–H and O–H groups in total. The molecule has 1 amide bonds. The second kappa shape index (κ2) is 6.07. The summed E-state index contributed by atoms with van der Waals surface area (Å²) >= 11 is 1.51. The quantitative estimate of drug-likeness (QED) is 0.602. The molecule has 0 spiro atoms. The Morgan fingerprint density at radius 3 is 2.88 bits per heavy atom. The van der Waals surface area contributed by atoms with Crippen LogP contribution in [0.3, 0.4) is 0 Å². The van der Waals surface area contributed by atoms with Crippen molar-refractivity contribution in [2.24, 2.45) is 0 Å². The van der Waals surface area contributed by atoms with Gasteiger partial charge < -0.3 is 0 Å². The normalized spacial score (nSPS) is 15.9. The second-order valence-corrected chi connectivity index (χ2v) is 7.12. The van der Waals surface area contributed by atoms with Crippen LogP contribution in [-0.4, -0.2) is 20.6 Å². The van der Waals surface area contributed by atoms with Crippen molar-refractivity contribution in [2.75, 3.05) is 5.43 Å². The standard InChI is InChI=1S/C20H16N4OS/c25-20(15-10-9-13-5-1-2-6-14(13)15)23-24-18-8-4-3-7-16(18)22-19(24)17-11-26-12-21-17/h1-8,11-12,15H,9-10H2,(H,23,25). The Morgan fingerprint density at radius 2 is 2.00 bits per heavy atom. The lowest BCUT2D eigenvalue weighted by Gasteiger charge is -2.15. The van der Waals surface area contributed by atoms with Crippen LogP contribution in [0.2, 0.25) is 0 Å². The fraction of sp³-hybridized carbons (Fsp3) is 0.150. The summed E-state index contributed by atoms with van der Waals surface area (Å²) in [5, 5.41) is 1.94. The van der Waals surface area contributed by atoms with Crippen LogP contribution in [0.4, 0.5) is 0 Å². The zero-order chi connectivity index (χ0) is 17.5. The Bertz CT molecular complexity index is 1100. The van der Waals surface area contributed by atoms with Crippen molar-refractivity contribution in [3.05, 3.63) is 70.5 Å². The lowest BCUT2D eigenvalue weighted by molar-refractivity contribution is -0.118. The zero-order valence-electron chi connectivity index (χ0n) is 13.9. The van der Waals surface area contributed by atoms with E-state index in [2.05, 4.69) is 27.5 Å². The van der Waals surface area contributed by atoms with E-state index in [-0.39, 0.29) is 11.8 Å². The van der Waals surface area contributed by atoms with Gasteiger partial charge in [0, 0.05) is 5.38 Å². The number of hydrogen-bond donors (Lipinski definition) is 1. The molecule has 0 bridgehead atoms. The van der Waals surface area contributed by atoms with Crippen LogP contribution >= 0.6 is 11.3 Å². The van der Waals surface area contributed by atoms with E-state index in [1.807, 2.05) is 41.8 Å². The molecule has 1 aliphatic carbocycles. The van der Waals surface area contributed by atoms with Crippen molar-refractivity contribution in [1.29, 1.82) is 0 Å². The Hall–Kier alpha value is -2.99. The third kappa shape index (κ3) is 2.42. The zero-order valence-corrected chi connectivity index (χ0v) is 14.7. The number of thiazole rings is 1. The number of para-hydroxylation sites is 2. The molecule has 5 rings (SSSR count). The summed E-state index contributed by atoms with van der Waals surface area (Å²) in [5.41, 5.74) is 9.72. The third-order valence-electron chi connectivity index (χ3n) is 4.89. The molecular formula is C20H16N4OS. The number of aryl methyl sites for hydroxylation is 1. The molecule has 2 heterocycles. The van der Waals surface area contributed by atoms with Gasteiger partial charge in [0.25, 0.3) is 0 Å². The van der Waals surface area contributed by atoms with Gasteiger partial charge in [0.1, 0.15) is 5.69 Å². The summed E-state index contributed by atoms with van der Waals surface area (Å²) in [4.78, 5) is 22.1. The maximum Gasteiger partial charge on any atom is 0.246 e. The van der Waals surface area contributed by atoms with Gasteiger partial charge in [-0.2, -0.15) is 0 Å². The molecule has 128 valence electrons. The Morgan fingerprint density at radius 1 is 1.15 bits per heavy atom. The molecule has 6 heteroatoms. The van der Waals surface area contributed by atoms with E-state index in [0.29, 0.717) is 5.82 Å². The van der Waals surface area contributed by atoms with Crippen molar-refractivity contribution in [3.63, 3.8) is 0 Å². The van der Waals surface area contributed by atoms with Gasteiger partial charge in [-0.05, 0) is 36.1 Å². The monoisotopic (exact) mass is 360 g/mol. The first-order chi connectivity index (χ1) is 12.8. The van der Waals surface area contributed by atoms with Crippen molar-refractivity contribution in [2.45, 2.75) is 18.8 Å². The number of amides is 1. The van der Waals surface area contributed by atoms with E-state index < -0.39 is 0 Å². The lowest BCUT2D eigenvalue weighted by Crippen LogP contribution is -2.28. The first kappa shape index (κ1) is 15.3. The number of aromatic nitrogens is 3. The molecule has 1 aliphatic rings. The van der Waals surface area contributed by atoms with Crippen LogP contribution in [-0.2, 0) is 11.2 Å². The minimum Gasteiger partial charge on any atom is -0.273 e. The average Bonchev–Trinajstić information content (AvgIpc) is 3.40. The smallest absolute Gasteiger partial charge is 0.246 e. The topological polar surface area (TPSA) is 59.8 Å². The highest BCUT2D eigenvalue weighted by atomic mass is 32.1. The van der Waals surface area contributed by atoms with Crippen LogP contribution in [0.15, 0.2) is 59.4 Å². The van der Waals surface area contributed by atoms with E-state index in [1.54, 1.807) is 10.2 Å². The SMILES string of the molecule is O=C(Nn1c(-c2cscn2)nc2ccccc21)C1CCc2ccccc21. The van der Waals surface area contributed by atoms with Crippen molar-refractivity contribution >= 4 is 28.3 Å². The first-order valence-corrected chi connectivity index (χ1v) is 9.50. The number of carbonyl (C=O) groups excluding carboxylic acids is 1. The molecule has 0 fully saturated rings. The van der Waals surface area contributed by atoms with E-state index in [4.69, 9.17) is 0 Å². The Kier molecular flexibility index (Phi) is 3.57. The summed E-state index contributed by atoms with van der Waals surface area (Å²) in [5.74, 6) is 0.525. The lowest BCUT2D eigenvalue weighted by atomic mass is 10.0. The number of nitrogens with zero attached hydrogens (tertiary/aromatic N) is 3. The fourth-order valence-electron chi connectivity index (χ4n) is 3.65. The highest BCUT2D eigenvalue weighted by molar-refractivity contribution is 7.07. The van der Waals surface area contributed by atoms with Crippen LogP contribution in [0, 0.1) is 0 Å². The molecule has 0 saturated carbocycles. The number of benzene rings is 2. The number of imidazole rings is 1. The average molecular weight is 360 g/mol. The van der Waals surface area contributed by atoms with Gasteiger partial charge in [0.15, 0.2) is 5.82 Å². The van der Waals surface area contributed by atoms with E-state index in [1.165, 1.54) is 16.9 Å². The molecule has 2 aromatic heterocycles. The molecule has 4 aromatic rings. The van der Waals surface area contributed by atoms with Gasteiger partial charge in [-0.25, -0.2) is 14.6 Å². The highest BCUT2D eigenvalue weighted by Gasteiger charge is 2.29. The summed E-state index contributed by atoms with van der Waals surface area (Å²) in [6, 6.07) is 16.0. The van der Waals surface area contributed by atoms with Gasteiger partial charge in [-0.1, -0.05) is 36.4 Å². The molecule has 26 heavy (non-hydrogen) atoms. The fourth-order valence-corrected chi connectivity index (χ4v) is 4.18. The molecule has 0 saturated heterocycles. The third-order valence-corrected chi connectivity index (χ3v) is 5.48. The first-order valence-electron chi connectivity index (χ1n) is 8.56. The van der Waals surface area contributed by atoms with Crippen LogP contribution < -0.4 is 5.43 Å². The van der Waals surface area contributed by atoms with Gasteiger partial charge >= 0.3 is 0 Å². The van der Waals surface area contributed by atoms with Gasteiger partial charge in [-0.15, -0.1) is 11.3 Å². The number of carbonyl (C=O) groups is 1. The van der Waals surface area contributed by atoms with Gasteiger partial charge in [-0.3, -0.25) is 10.2 Å². The minimum absolute atomic E-state index is 0.00502. The Balaban J connectivity index is 1.55. The largest absolute Gasteiger partial charge is 0.273 e. The number of rotatable bonds is 3. The number of hydrogen-bond acceptors (Lipinski definition) is 4. The van der Waals surface area contributed by atoms with Crippen LogP contribution in [0.1, 0.15) is 23.5 Å². The van der Waals surface area contributed by atoms with Crippen molar-refractivity contribution in [3.8, 4) is 11.5 Å². The molecule has 1 atom stereocenters. The van der Waals surface area contributed by atoms with Crippen LogP contribution in [0.5, 0.6) is 0 Å². The molecule has 0 aliphatic heterocycles.